The van der Waals surface area contributed by atoms with Gasteiger partial charge >= 0.3 is 29.6 Å². The predicted octanol–water partition coefficient (Wildman–Crippen LogP) is 0.0333. The number of aromatic hydroxyl groups is 1. The van der Waals surface area contributed by atoms with Gasteiger partial charge in [-0.1, -0.05) is 0 Å². The molecular formula is C16H13N4NaO4S. The van der Waals surface area contributed by atoms with Crippen molar-refractivity contribution in [2.24, 2.45) is 10.2 Å². The molecule has 0 saturated heterocycles. The normalized spacial score (nSPS) is 11.6. The fourth-order valence-corrected chi connectivity index (χ4v) is 2.95. The number of phenols is 1. The first-order valence-corrected chi connectivity index (χ1v) is 8.45. The number of benzene rings is 3. The summed E-state index contributed by atoms with van der Waals surface area (Å²) in [5.41, 5.74) is 12.1. The number of phenolic OH excluding ortho intramolecular Hbond substituents is 1. The first kappa shape index (κ1) is 20.1. The average Bonchev–Trinajstić information content (AvgIpc) is 2.54. The fourth-order valence-electron chi connectivity index (χ4n) is 2.31. The Morgan fingerprint density at radius 3 is 2.15 bits per heavy atom. The number of azo groups is 1. The van der Waals surface area contributed by atoms with E-state index in [2.05, 4.69) is 10.2 Å². The van der Waals surface area contributed by atoms with Crippen molar-refractivity contribution in [1.82, 2.24) is 0 Å². The van der Waals surface area contributed by atoms with Crippen LogP contribution in [0.4, 0.5) is 22.7 Å². The number of hydrogen-bond acceptors (Lipinski definition) is 8. The van der Waals surface area contributed by atoms with Crippen LogP contribution in [0.1, 0.15) is 0 Å². The van der Waals surface area contributed by atoms with Gasteiger partial charge in [0.2, 0.25) is 0 Å². The van der Waals surface area contributed by atoms with Crippen molar-refractivity contribution in [1.29, 1.82) is 0 Å². The number of fused-ring (bicyclic) bond motifs is 1. The van der Waals surface area contributed by atoms with Crippen LogP contribution in [0, 0.1) is 0 Å². The fraction of sp³-hybridized carbons (Fsp3) is 0. The summed E-state index contributed by atoms with van der Waals surface area (Å²) in [6, 6.07) is 11.9. The van der Waals surface area contributed by atoms with Gasteiger partial charge in [0.1, 0.15) is 15.8 Å². The molecule has 0 amide bonds. The summed E-state index contributed by atoms with van der Waals surface area (Å²) < 4.78 is 34.7. The Hall–Kier alpha value is -2.17. The Morgan fingerprint density at radius 1 is 0.923 bits per heavy atom. The van der Waals surface area contributed by atoms with Crippen LogP contribution >= 0.6 is 0 Å². The summed E-state index contributed by atoms with van der Waals surface area (Å²) in [7, 11) is -4.90. The molecule has 3 rings (SSSR count). The van der Waals surface area contributed by atoms with Gasteiger partial charge in [0.25, 0.3) is 0 Å². The van der Waals surface area contributed by atoms with Gasteiger partial charge in [-0.2, -0.15) is 5.11 Å². The van der Waals surface area contributed by atoms with Crippen LogP contribution in [-0.4, -0.2) is 18.1 Å². The van der Waals surface area contributed by atoms with Gasteiger partial charge in [-0.25, -0.2) is 8.42 Å². The molecule has 0 aliphatic heterocycles. The van der Waals surface area contributed by atoms with E-state index in [9.17, 15) is 18.1 Å². The smallest absolute Gasteiger partial charge is 0.744 e. The Morgan fingerprint density at radius 2 is 1.54 bits per heavy atom. The van der Waals surface area contributed by atoms with Gasteiger partial charge in [-0.3, -0.25) is 0 Å². The Kier molecular flexibility index (Phi) is 5.89. The standard InChI is InChI=1S/C16H14N4O4S.Na/c17-10-1-4-12(5-2-10)19-20-15-14(25(22,23)24)8-9-7-11(18)3-6-13(9)16(15)21;/h1-8,21H,17-18H2,(H,22,23,24);/q;+1/p-1. The molecule has 0 bridgehead atoms. The van der Waals surface area contributed by atoms with Crippen molar-refractivity contribution in [3.8, 4) is 5.75 Å². The minimum absolute atomic E-state index is 0. The molecule has 0 saturated carbocycles. The molecule has 8 nitrogen and oxygen atoms in total. The molecule has 3 aromatic carbocycles. The topological polar surface area (TPSA) is 154 Å². The van der Waals surface area contributed by atoms with Crippen molar-refractivity contribution in [2.75, 3.05) is 11.5 Å². The molecule has 0 heterocycles. The molecule has 0 fully saturated rings. The number of nitrogens with zero attached hydrogens (tertiary/aromatic N) is 2. The van der Waals surface area contributed by atoms with Gasteiger partial charge in [-0.15, -0.1) is 5.11 Å². The summed E-state index contributed by atoms with van der Waals surface area (Å²) in [4.78, 5) is -0.678. The zero-order chi connectivity index (χ0) is 18.2. The summed E-state index contributed by atoms with van der Waals surface area (Å²) in [6.07, 6.45) is 0. The van der Waals surface area contributed by atoms with Crippen LogP contribution in [0.25, 0.3) is 10.8 Å². The largest absolute Gasteiger partial charge is 1.00 e. The third kappa shape index (κ3) is 4.14. The first-order valence-electron chi connectivity index (χ1n) is 7.04. The molecule has 0 radical (unpaired) electrons. The van der Waals surface area contributed by atoms with E-state index in [1.165, 1.54) is 18.2 Å². The molecular weight excluding hydrogens is 367 g/mol. The van der Waals surface area contributed by atoms with E-state index in [-0.39, 0.29) is 29.6 Å². The van der Waals surface area contributed by atoms with E-state index in [1.54, 1.807) is 24.3 Å². The van der Waals surface area contributed by atoms with Crippen molar-refractivity contribution in [3.63, 3.8) is 0 Å². The van der Waals surface area contributed by atoms with Crippen molar-refractivity contribution in [2.45, 2.75) is 4.90 Å². The maximum Gasteiger partial charge on any atom is 1.00 e. The van der Waals surface area contributed by atoms with Gasteiger partial charge < -0.3 is 21.1 Å². The summed E-state index contributed by atoms with van der Waals surface area (Å²) in [6.45, 7) is 0. The number of anilines is 2. The summed E-state index contributed by atoms with van der Waals surface area (Å²) in [5, 5.41) is 18.6. The number of rotatable bonds is 3. The van der Waals surface area contributed by atoms with E-state index < -0.39 is 26.5 Å². The third-order valence-electron chi connectivity index (χ3n) is 3.50. The van der Waals surface area contributed by atoms with Crippen molar-refractivity contribution in [3.05, 3.63) is 48.5 Å². The van der Waals surface area contributed by atoms with Crippen LogP contribution in [0.5, 0.6) is 5.75 Å². The molecule has 128 valence electrons. The van der Waals surface area contributed by atoms with Gasteiger partial charge in [0.05, 0.1) is 10.6 Å². The zero-order valence-electron chi connectivity index (χ0n) is 13.7. The summed E-state index contributed by atoms with van der Waals surface area (Å²) in [5.74, 6) is -0.467. The molecule has 0 atom stereocenters. The van der Waals surface area contributed by atoms with E-state index in [1.807, 2.05) is 0 Å². The average molecular weight is 380 g/mol. The Bertz CT molecular complexity index is 1100. The molecule has 3 aromatic rings. The van der Waals surface area contributed by atoms with Gasteiger partial charge in [0, 0.05) is 16.8 Å². The predicted molar refractivity (Wildman–Crippen MR) is 93.0 cm³/mol. The second kappa shape index (κ2) is 7.60. The monoisotopic (exact) mass is 380 g/mol. The molecule has 0 aliphatic rings. The number of nitrogens with two attached hydrogens (primary N) is 2. The molecule has 0 aliphatic carbocycles. The quantitative estimate of drug-likeness (QED) is 0.252. The molecule has 26 heavy (non-hydrogen) atoms. The van der Waals surface area contributed by atoms with Crippen LogP contribution in [0.15, 0.2) is 63.7 Å². The Balaban J connectivity index is 0.00000243. The number of hydrogen-bond donors (Lipinski definition) is 3. The molecule has 10 heteroatoms. The number of nitrogen functional groups attached to an aromatic ring is 2. The van der Waals surface area contributed by atoms with Crippen molar-refractivity contribution >= 4 is 43.6 Å². The zero-order valence-corrected chi connectivity index (χ0v) is 16.6. The summed E-state index contributed by atoms with van der Waals surface area (Å²) >= 11 is 0. The van der Waals surface area contributed by atoms with Crippen LogP contribution in [-0.2, 0) is 10.1 Å². The van der Waals surface area contributed by atoms with Crippen LogP contribution < -0.4 is 41.0 Å². The third-order valence-corrected chi connectivity index (χ3v) is 4.35. The maximum atomic E-state index is 11.6. The molecule has 5 N–H and O–H groups in total. The first-order chi connectivity index (χ1) is 11.8. The second-order valence-electron chi connectivity index (χ2n) is 5.30. The van der Waals surface area contributed by atoms with Crippen molar-refractivity contribution < 1.29 is 47.6 Å². The van der Waals surface area contributed by atoms with Crippen LogP contribution in [0.2, 0.25) is 0 Å². The van der Waals surface area contributed by atoms with Gasteiger partial charge in [-0.05, 0) is 53.9 Å². The van der Waals surface area contributed by atoms with Crippen LogP contribution in [0.3, 0.4) is 0 Å². The maximum absolute atomic E-state index is 11.6. The minimum atomic E-state index is -4.90. The van der Waals surface area contributed by atoms with E-state index in [4.69, 9.17) is 11.5 Å². The molecule has 0 spiro atoms. The molecule has 0 unspecified atom stereocenters. The van der Waals surface area contributed by atoms with Gasteiger partial charge in [0.15, 0.2) is 5.75 Å². The minimum Gasteiger partial charge on any atom is -0.744 e. The SMILES string of the molecule is Nc1ccc(N=Nc2c(S(=O)(=O)[O-])cc3cc(N)ccc3c2O)cc1.[Na+]. The van der Waals surface area contributed by atoms with E-state index >= 15 is 0 Å². The molecule has 0 aromatic heterocycles. The second-order valence-corrected chi connectivity index (χ2v) is 6.65. The Labute approximate surface area is 171 Å². The van der Waals surface area contributed by atoms with E-state index in [0.29, 0.717) is 27.8 Å². The van der Waals surface area contributed by atoms with E-state index in [0.717, 1.165) is 6.07 Å².